The van der Waals surface area contributed by atoms with Crippen molar-refractivity contribution in [3.8, 4) is 28.2 Å². The average Bonchev–Trinajstić information content (AvgIpc) is 3.56. The quantitative estimate of drug-likeness (QED) is 0.0535. The van der Waals surface area contributed by atoms with E-state index < -0.39 is 35.1 Å². The van der Waals surface area contributed by atoms with Crippen LogP contribution in [0.4, 0.5) is 5.69 Å². The molecule has 2 heterocycles. The van der Waals surface area contributed by atoms with Crippen molar-refractivity contribution in [3.63, 3.8) is 0 Å². The molecule has 49 heavy (non-hydrogen) atoms. The van der Waals surface area contributed by atoms with Crippen molar-refractivity contribution in [2.75, 3.05) is 25.0 Å². The van der Waals surface area contributed by atoms with Gasteiger partial charge in [-0.15, -0.1) is 0 Å². The van der Waals surface area contributed by atoms with E-state index in [2.05, 4.69) is 10.6 Å². The fourth-order valence-corrected chi connectivity index (χ4v) is 5.94. The van der Waals surface area contributed by atoms with Crippen LogP contribution in [-0.2, 0) is 19.1 Å². The summed E-state index contributed by atoms with van der Waals surface area (Å²) in [6.45, 7) is 6.00. The summed E-state index contributed by atoms with van der Waals surface area (Å²) in [6, 6.07) is 12.7. The van der Waals surface area contributed by atoms with Crippen LogP contribution in [0.15, 0.2) is 63.8 Å². The van der Waals surface area contributed by atoms with Crippen molar-refractivity contribution >= 4 is 57.6 Å². The van der Waals surface area contributed by atoms with Gasteiger partial charge < -0.3 is 34.9 Å². The largest absolute Gasteiger partial charge is 0.508 e. The average molecular weight is 688 g/mol. The maximum atomic E-state index is 12.8. The zero-order chi connectivity index (χ0) is 35.5. The van der Waals surface area contributed by atoms with Crippen LogP contribution in [0.25, 0.3) is 33.4 Å². The Balaban J connectivity index is 1.21. The summed E-state index contributed by atoms with van der Waals surface area (Å²) in [6.07, 6.45) is 1.95. The second-order valence-corrected chi connectivity index (χ2v) is 12.9. The fraction of sp³-hybridized carbons (Fsp3) is 0.333. The molecular formula is C36H37N3O9S. The van der Waals surface area contributed by atoms with Gasteiger partial charge >= 0.3 is 11.9 Å². The standard InChI is InChI=1S/C36H37N3O9S/c1-4-36(2,3)31(42)32(43)39-15-5-7-27(39)34(46)47-16-6-14-37-35(49)38-20-8-11-23(26(17-20)33(44)45)30-24-12-9-21(40)18-28(24)48-29-19-22(41)10-13-25(29)30/h8-13,17-19,27,40H,4-7,14-16H2,1-3H3,(H,44,45)(H2,37,38,49)/t27-/m0/s1. The number of esters is 1. The van der Waals surface area contributed by atoms with Crippen LogP contribution in [0.1, 0.15) is 56.8 Å². The van der Waals surface area contributed by atoms with Crippen LogP contribution in [0.5, 0.6) is 5.75 Å². The number of benzene rings is 3. The van der Waals surface area contributed by atoms with Crippen molar-refractivity contribution in [1.82, 2.24) is 10.2 Å². The van der Waals surface area contributed by atoms with Gasteiger partial charge in [0.05, 0.1) is 12.2 Å². The van der Waals surface area contributed by atoms with E-state index >= 15 is 0 Å². The number of nitrogens with zero attached hydrogens (tertiary/aromatic N) is 1. The highest BCUT2D eigenvalue weighted by Gasteiger charge is 2.41. The molecule has 5 rings (SSSR count). The number of thiocarbonyl (C=S) groups is 1. The maximum absolute atomic E-state index is 12.8. The molecule has 4 N–H and O–H groups in total. The van der Waals surface area contributed by atoms with Crippen molar-refractivity contribution in [2.24, 2.45) is 5.41 Å². The molecule has 2 aliphatic heterocycles. The number of amides is 1. The Bertz CT molecular complexity index is 1990. The molecule has 1 aliphatic carbocycles. The van der Waals surface area contributed by atoms with Crippen molar-refractivity contribution in [3.05, 3.63) is 70.4 Å². The van der Waals surface area contributed by atoms with Gasteiger partial charge in [-0.05, 0) is 79.9 Å². The van der Waals surface area contributed by atoms with Gasteiger partial charge in [-0.1, -0.05) is 26.8 Å². The molecule has 3 aliphatic rings. The van der Waals surface area contributed by atoms with Crippen LogP contribution >= 0.6 is 12.2 Å². The number of Topliss-reactive ketones (excluding diaryl/α,β-unsaturated/α-hetero) is 1. The number of carbonyl (C=O) groups excluding carboxylic acids is 3. The number of rotatable bonds is 11. The third-order valence-electron chi connectivity index (χ3n) is 8.78. The molecule has 256 valence electrons. The molecule has 0 saturated carbocycles. The predicted octanol–water partition coefficient (Wildman–Crippen LogP) is 5.18. The third-order valence-corrected chi connectivity index (χ3v) is 9.03. The molecule has 0 bridgehead atoms. The van der Waals surface area contributed by atoms with Gasteiger partial charge in [0.15, 0.2) is 10.5 Å². The Labute approximate surface area is 287 Å². The molecule has 1 saturated heterocycles. The normalized spacial score (nSPS) is 14.5. The molecule has 0 radical (unpaired) electrons. The first-order valence-electron chi connectivity index (χ1n) is 15.9. The fourth-order valence-electron chi connectivity index (χ4n) is 5.72. The minimum atomic E-state index is -1.19. The zero-order valence-electron chi connectivity index (χ0n) is 27.3. The molecule has 13 heteroatoms. The summed E-state index contributed by atoms with van der Waals surface area (Å²) in [5.74, 6) is -2.70. The molecule has 1 atom stereocenters. The lowest BCUT2D eigenvalue weighted by Gasteiger charge is -2.27. The van der Waals surface area contributed by atoms with Gasteiger partial charge in [-0.25, -0.2) is 9.59 Å². The predicted molar refractivity (Wildman–Crippen MR) is 187 cm³/mol. The van der Waals surface area contributed by atoms with Crippen molar-refractivity contribution < 1.29 is 38.5 Å². The molecule has 0 unspecified atom stereocenters. The summed E-state index contributed by atoms with van der Waals surface area (Å²) in [7, 11) is 0. The summed E-state index contributed by atoms with van der Waals surface area (Å²) in [4.78, 5) is 64.1. The van der Waals surface area contributed by atoms with E-state index in [-0.39, 0.29) is 39.8 Å². The first kappa shape index (κ1) is 35.0. The van der Waals surface area contributed by atoms with Gasteiger partial charge in [-0.3, -0.25) is 14.4 Å². The van der Waals surface area contributed by atoms with E-state index in [0.717, 1.165) is 0 Å². The molecule has 0 spiro atoms. The molecule has 0 aromatic heterocycles. The zero-order valence-corrected chi connectivity index (χ0v) is 28.1. The number of fused-ring (bicyclic) bond motifs is 2. The number of carbonyl (C=O) groups is 4. The Morgan fingerprint density at radius 2 is 1.82 bits per heavy atom. The number of phenols is 1. The highest BCUT2D eigenvalue weighted by atomic mass is 32.1. The first-order valence-corrected chi connectivity index (χ1v) is 16.4. The Hall–Kier alpha value is -5.30. The number of likely N-dealkylation sites (tertiary alicyclic amines) is 1. The lowest BCUT2D eigenvalue weighted by molar-refractivity contribution is -0.157. The first-order chi connectivity index (χ1) is 23.3. The van der Waals surface area contributed by atoms with Crippen molar-refractivity contribution in [2.45, 2.75) is 52.5 Å². The Morgan fingerprint density at radius 3 is 2.55 bits per heavy atom. The molecule has 2 aromatic rings. The van der Waals surface area contributed by atoms with Gasteiger partial charge in [0.1, 0.15) is 23.1 Å². The smallest absolute Gasteiger partial charge is 0.336 e. The number of ketones is 1. The maximum Gasteiger partial charge on any atom is 0.336 e. The van der Waals surface area contributed by atoms with E-state index in [4.69, 9.17) is 21.4 Å². The highest BCUT2D eigenvalue weighted by molar-refractivity contribution is 7.80. The van der Waals surface area contributed by atoms with Gasteiger partial charge in [0.25, 0.3) is 5.91 Å². The number of aromatic carboxylic acids is 1. The molecule has 12 nitrogen and oxygen atoms in total. The Morgan fingerprint density at radius 1 is 1.06 bits per heavy atom. The lowest BCUT2D eigenvalue weighted by atomic mass is 9.84. The second-order valence-electron chi connectivity index (χ2n) is 12.5. The van der Waals surface area contributed by atoms with E-state index in [1.165, 1.54) is 35.2 Å². The number of hydrogen-bond donors (Lipinski definition) is 4. The van der Waals surface area contributed by atoms with Crippen LogP contribution in [0.2, 0.25) is 0 Å². The number of ether oxygens (including phenoxy) is 1. The van der Waals surface area contributed by atoms with E-state index in [0.29, 0.717) is 66.5 Å². The number of aromatic hydroxyl groups is 1. The summed E-state index contributed by atoms with van der Waals surface area (Å²) < 4.78 is 11.3. The van der Waals surface area contributed by atoms with Gasteiger partial charge in [-0.2, -0.15) is 0 Å². The summed E-state index contributed by atoms with van der Waals surface area (Å²) in [5, 5.41) is 27.0. The van der Waals surface area contributed by atoms with Gasteiger partial charge in [0, 0.05) is 52.8 Å². The number of carboxylic acids is 1. The third kappa shape index (κ3) is 7.56. The Kier molecular flexibility index (Phi) is 10.3. The van der Waals surface area contributed by atoms with Crippen molar-refractivity contribution in [1.29, 1.82) is 0 Å². The molecule has 1 amide bonds. The molecular weight excluding hydrogens is 650 g/mol. The minimum Gasteiger partial charge on any atom is -0.508 e. The molecule has 2 aromatic carbocycles. The van der Waals surface area contributed by atoms with Gasteiger partial charge in [0.2, 0.25) is 5.78 Å². The van der Waals surface area contributed by atoms with E-state index in [1.54, 1.807) is 38.1 Å². The topological polar surface area (TPSA) is 175 Å². The number of nitrogens with one attached hydrogen (secondary N) is 2. The highest BCUT2D eigenvalue weighted by Crippen LogP contribution is 2.42. The minimum absolute atomic E-state index is 0.0350. The number of phenolic OH excluding ortho intramolecular Hbond substituents is 1. The van der Waals surface area contributed by atoms with E-state index in [1.807, 2.05) is 6.92 Å². The number of hydrogen-bond acceptors (Lipinski definition) is 9. The van der Waals surface area contributed by atoms with Crippen LogP contribution < -0.4 is 16.1 Å². The monoisotopic (exact) mass is 687 g/mol. The van der Waals surface area contributed by atoms with Crippen LogP contribution in [-0.4, -0.2) is 69.6 Å². The molecule has 1 fully saturated rings. The SMILES string of the molecule is CCC(C)(C)C(=O)C(=O)N1CCC[C@H]1C(=O)OCCCNC(=S)Nc1ccc(-c2c3ccc(=O)cc-3oc3cc(O)ccc23)c(C(=O)O)c1. The summed E-state index contributed by atoms with van der Waals surface area (Å²) in [5.41, 5.74) is 0.990. The van der Waals surface area contributed by atoms with Crippen LogP contribution in [0.3, 0.4) is 0 Å². The number of anilines is 1. The summed E-state index contributed by atoms with van der Waals surface area (Å²) >= 11 is 5.40. The lowest BCUT2D eigenvalue weighted by Crippen LogP contribution is -2.48. The van der Waals surface area contributed by atoms with Crippen LogP contribution in [0, 0.1) is 5.41 Å². The number of carboxylic acid groups (broad SMARTS) is 1. The second kappa shape index (κ2) is 14.4. The van der Waals surface area contributed by atoms with E-state index in [9.17, 15) is 34.2 Å².